The zero-order chi connectivity index (χ0) is 8.04. The molecule has 1 unspecified atom stereocenters. The van der Waals surface area contributed by atoms with Gasteiger partial charge in [-0.15, -0.1) is 18.2 Å². The quantitative estimate of drug-likeness (QED) is 0.426. The summed E-state index contributed by atoms with van der Waals surface area (Å²) in [4.78, 5) is 0. The zero-order valence-electron chi connectivity index (χ0n) is 6.99. The van der Waals surface area contributed by atoms with E-state index >= 15 is 0 Å². The average Bonchev–Trinajstić information content (AvgIpc) is 2.00. The predicted molar refractivity (Wildman–Crippen MR) is 48.5 cm³/mol. The van der Waals surface area contributed by atoms with Gasteiger partial charge < -0.3 is 0 Å². The Hall–Kier alpha value is 0.0300. The molecule has 0 amide bonds. The van der Waals surface area contributed by atoms with Gasteiger partial charge in [0, 0.05) is 5.88 Å². The first-order valence-electron chi connectivity index (χ1n) is 3.85. The third-order valence-corrected chi connectivity index (χ3v) is 2.77. The Morgan fingerprint density at radius 3 is 2.50 bits per heavy atom. The third kappa shape index (κ3) is 3.26. The number of hydrogen-bond donors (Lipinski definition) is 0. The van der Waals surface area contributed by atoms with Gasteiger partial charge >= 0.3 is 0 Å². The van der Waals surface area contributed by atoms with Gasteiger partial charge in [-0.05, 0) is 24.7 Å². The summed E-state index contributed by atoms with van der Waals surface area (Å²) >= 11 is 5.81. The molecule has 10 heavy (non-hydrogen) atoms. The van der Waals surface area contributed by atoms with Crippen LogP contribution in [0.15, 0.2) is 12.7 Å². The van der Waals surface area contributed by atoms with Crippen molar-refractivity contribution in [1.29, 1.82) is 0 Å². The van der Waals surface area contributed by atoms with Gasteiger partial charge in [-0.25, -0.2) is 0 Å². The summed E-state index contributed by atoms with van der Waals surface area (Å²) in [5, 5.41) is 0. The lowest BCUT2D eigenvalue weighted by Crippen LogP contribution is -2.16. The molecule has 0 aliphatic heterocycles. The molecule has 1 atom stereocenters. The standard InChI is InChI=1S/C9H17Cl/c1-4-6-7-9(3,5-2)8-10/h4H,1,5-8H2,2-3H3. The average molecular weight is 161 g/mol. The summed E-state index contributed by atoms with van der Waals surface area (Å²) in [6.45, 7) is 8.10. The van der Waals surface area contributed by atoms with Crippen LogP contribution in [-0.4, -0.2) is 5.88 Å². The van der Waals surface area contributed by atoms with Crippen molar-refractivity contribution in [2.24, 2.45) is 5.41 Å². The highest BCUT2D eigenvalue weighted by atomic mass is 35.5. The Labute approximate surface area is 69.3 Å². The molecule has 0 aromatic carbocycles. The van der Waals surface area contributed by atoms with Crippen molar-refractivity contribution in [2.75, 3.05) is 5.88 Å². The molecule has 0 heterocycles. The van der Waals surface area contributed by atoms with E-state index in [-0.39, 0.29) is 0 Å². The zero-order valence-corrected chi connectivity index (χ0v) is 7.75. The minimum atomic E-state index is 0.329. The van der Waals surface area contributed by atoms with Crippen molar-refractivity contribution in [3.8, 4) is 0 Å². The van der Waals surface area contributed by atoms with E-state index < -0.39 is 0 Å². The van der Waals surface area contributed by atoms with Gasteiger partial charge in [0.15, 0.2) is 0 Å². The minimum absolute atomic E-state index is 0.329. The van der Waals surface area contributed by atoms with E-state index in [2.05, 4.69) is 20.4 Å². The van der Waals surface area contributed by atoms with E-state index in [1.165, 1.54) is 0 Å². The Balaban J connectivity index is 3.68. The molecule has 0 nitrogen and oxygen atoms in total. The Morgan fingerprint density at radius 2 is 2.20 bits per heavy atom. The maximum Gasteiger partial charge on any atom is 0.0277 e. The third-order valence-electron chi connectivity index (χ3n) is 2.13. The number of allylic oxidation sites excluding steroid dienone is 1. The topological polar surface area (TPSA) is 0 Å². The summed E-state index contributed by atoms with van der Waals surface area (Å²) < 4.78 is 0. The fraction of sp³-hybridized carbons (Fsp3) is 0.778. The largest absolute Gasteiger partial charge is 0.126 e. The molecule has 60 valence electrons. The van der Waals surface area contributed by atoms with Crippen LogP contribution in [0.3, 0.4) is 0 Å². The molecule has 0 spiro atoms. The van der Waals surface area contributed by atoms with Crippen molar-refractivity contribution in [3.05, 3.63) is 12.7 Å². The second kappa shape index (κ2) is 4.79. The number of alkyl halides is 1. The maximum absolute atomic E-state index is 5.81. The Kier molecular flexibility index (Phi) is 4.80. The van der Waals surface area contributed by atoms with E-state index in [1.807, 2.05) is 6.08 Å². The van der Waals surface area contributed by atoms with Gasteiger partial charge in [0.05, 0.1) is 0 Å². The van der Waals surface area contributed by atoms with Gasteiger partial charge in [0.2, 0.25) is 0 Å². The fourth-order valence-corrected chi connectivity index (χ4v) is 1.11. The molecular formula is C9H17Cl. The molecule has 0 saturated carbocycles. The first-order chi connectivity index (χ1) is 4.68. The second-order valence-corrected chi connectivity index (χ2v) is 3.39. The highest BCUT2D eigenvalue weighted by molar-refractivity contribution is 6.18. The van der Waals surface area contributed by atoms with Crippen LogP contribution in [0.5, 0.6) is 0 Å². The van der Waals surface area contributed by atoms with Crippen LogP contribution in [0.4, 0.5) is 0 Å². The summed E-state index contributed by atoms with van der Waals surface area (Å²) in [7, 11) is 0. The van der Waals surface area contributed by atoms with Gasteiger partial charge in [0.1, 0.15) is 0 Å². The van der Waals surface area contributed by atoms with Crippen LogP contribution >= 0.6 is 11.6 Å². The van der Waals surface area contributed by atoms with E-state index in [4.69, 9.17) is 11.6 Å². The van der Waals surface area contributed by atoms with Crippen molar-refractivity contribution >= 4 is 11.6 Å². The molecule has 1 heteroatoms. The molecule has 0 fully saturated rings. The summed E-state index contributed by atoms with van der Waals surface area (Å²) in [6, 6.07) is 0. The normalized spacial score (nSPS) is 16.3. The first kappa shape index (κ1) is 10.0. The van der Waals surface area contributed by atoms with E-state index in [9.17, 15) is 0 Å². The highest BCUT2D eigenvalue weighted by Crippen LogP contribution is 2.28. The molecule has 0 aromatic heterocycles. The first-order valence-corrected chi connectivity index (χ1v) is 4.39. The molecular weight excluding hydrogens is 144 g/mol. The lowest BCUT2D eigenvalue weighted by molar-refractivity contribution is 0.331. The van der Waals surface area contributed by atoms with Gasteiger partial charge in [0.25, 0.3) is 0 Å². The van der Waals surface area contributed by atoms with Crippen LogP contribution in [0, 0.1) is 5.41 Å². The van der Waals surface area contributed by atoms with Gasteiger partial charge in [-0.1, -0.05) is 19.9 Å². The molecule has 0 bridgehead atoms. The van der Waals surface area contributed by atoms with Crippen LogP contribution in [-0.2, 0) is 0 Å². The van der Waals surface area contributed by atoms with E-state index in [1.54, 1.807) is 0 Å². The van der Waals surface area contributed by atoms with Crippen LogP contribution in [0.2, 0.25) is 0 Å². The van der Waals surface area contributed by atoms with Crippen LogP contribution in [0.1, 0.15) is 33.1 Å². The summed E-state index contributed by atoms with van der Waals surface area (Å²) in [5.41, 5.74) is 0.329. The molecule has 0 radical (unpaired) electrons. The van der Waals surface area contributed by atoms with Crippen LogP contribution in [0.25, 0.3) is 0 Å². The lowest BCUT2D eigenvalue weighted by atomic mass is 9.85. The van der Waals surface area contributed by atoms with Gasteiger partial charge in [-0.3, -0.25) is 0 Å². The van der Waals surface area contributed by atoms with Crippen molar-refractivity contribution in [1.82, 2.24) is 0 Å². The van der Waals surface area contributed by atoms with Crippen molar-refractivity contribution in [3.63, 3.8) is 0 Å². The molecule has 0 aromatic rings. The summed E-state index contributed by atoms with van der Waals surface area (Å²) in [6.07, 6.45) is 5.36. The Morgan fingerprint density at radius 1 is 1.60 bits per heavy atom. The minimum Gasteiger partial charge on any atom is -0.126 e. The molecule has 0 aliphatic carbocycles. The van der Waals surface area contributed by atoms with Crippen molar-refractivity contribution < 1.29 is 0 Å². The summed E-state index contributed by atoms with van der Waals surface area (Å²) in [5.74, 6) is 0.761. The van der Waals surface area contributed by atoms with Crippen molar-refractivity contribution in [2.45, 2.75) is 33.1 Å². The van der Waals surface area contributed by atoms with E-state index in [0.717, 1.165) is 25.1 Å². The van der Waals surface area contributed by atoms with Gasteiger partial charge in [-0.2, -0.15) is 0 Å². The lowest BCUT2D eigenvalue weighted by Gasteiger charge is -2.24. The Bertz CT molecular complexity index is 92.9. The van der Waals surface area contributed by atoms with Crippen LogP contribution < -0.4 is 0 Å². The molecule has 0 rings (SSSR count). The smallest absolute Gasteiger partial charge is 0.0277 e. The predicted octanol–water partition coefficient (Wildman–Crippen LogP) is 3.61. The maximum atomic E-state index is 5.81. The monoisotopic (exact) mass is 160 g/mol. The molecule has 0 N–H and O–H groups in total. The fourth-order valence-electron chi connectivity index (χ4n) is 0.789. The highest BCUT2D eigenvalue weighted by Gasteiger charge is 2.18. The molecule has 0 saturated heterocycles. The molecule has 0 aliphatic rings. The van der Waals surface area contributed by atoms with E-state index in [0.29, 0.717) is 5.41 Å². The number of halogens is 1. The number of rotatable bonds is 5. The SMILES string of the molecule is C=CCCC(C)(CC)CCl. The second-order valence-electron chi connectivity index (χ2n) is 3.13. The number of hydrogen-bond acceptors (Lipinski definition) is 0.